The maximum absolute atomic E-state index is 12.5. The molecule has 3 heterocycles. The van der Waals surface area contributed by atoms with Gasteiger partial charge in [-0.15, -0.1) is 0 Å². The summed E-state index contributed by atoms with van der Waals surface area (Å²) in [7, 11) is 0. The second-order valence-electron chi connectivity index (χ2n) is 5.46. The van der Waals surface area contributed by atoms with Crippen molar-refractivity contribution in [2.24, 2.45) is 0 Å². The molecule has 1 aromatic rings. The van der Waals surface area contributed by atoms with E-state index in [1.165, 1.54) is 6.20 Å². The number of nitrogens with zero attached hydrogens (tertiary/aromatic N) is 3. The molecule has 1 aromatic heterocycles. The third-order valence-electron chi connectivity index (χ3n) is 4.03. The first kappa shape index (κ1) is 15.2. The van der Waals surface area contributed by atoms with Crippen molar-refractivity contribution < 1.29 is 19.4 Å². The standard InChI is InChI=1S/C14H17N3O4S/c18-12(10-7-16-11(8-15-10)13(19)20)17-3-6-22-14(9-17)1-4-21-5-2-14/h7-8H,1-6,9H2,(H,19,20). The van der Waals surface area contributed by atoms with E-state index < -0.39 is 5.97 Å². The minimum atomic E-state index is -1.15. The van der Waals surface area contributed by atoms with E-state index in [2.05, 4.69) is 9.97 Å². The normalized spacial score (nSPS) is 20.8. The van der Waals surface area contributed by atoms with Crippen molar-refractivity contribution >= 4 is 23.6 Å². The molecule has 0 aromatic carbocycles. The Morgan fingerprint density at radius 2 is 1.91 bits per heavy atom. The second kappa shape index (κ2) is 6.21. The molecule has 1 spiro atoms. The van der Waals surface area contributed by atoms with Crippen LogP contribution >= 0.6 is 11.8 Å². The molecule has 0 radical (unpaired) electrons. The zero-order valence-electron chi connectivity index (χ0n) is 12.0. The highest BCUT2D eigenvalue weighted by atomic mass is 32.2. The number of carboxylic acid groups (broad SMARTS) is 1. The number of carbonyl (C=O) groups excluding carboxylic acids is 1. The lowest BCUT2D eigenvalue weighted by Crippen LogP contribution is -2.51. The van der Waals surface area contributed by atoms with E-state index >= 15 is 0 Å². The van der Waals surface area contributed by atoms with Gasteiger partial charge in [-0.1, -0.05) is 0 Å². The van der Waals surface area contributed by atoms with E-state index in [-0.39, 0.29) is 22.0 Å². The summed E-state index contributed by atoms with van der Waals surface area (Å²) in [5.41, 5.74) is 0.0331. The number of rotatable bonds is 2. The molecule has 8 heteroatoms. The molecule has 2 fully saturated rings. The van der Waals surface area contributed by atoms with Crippen LogP contribution < -0.4 is 0 Å². The van der Waals surface area contributed by atoms with Crippen molar-refractivity contribution in [3.63, 3.8) is 0 Å². The molecule has 2 aliphatic heterocycles. The van der Waals surface area contributed by atoms with Gasteiger partial charge in [-0.25, -0.2) is 14.8 Å². The topological polar surface area (TPSA) is 92.6 Å². The summed E-state index contributed by atoms with van der Waals surface area (Å²) >= 11 is 1.92. The lowest BCUT2D eigenvalue weighted by Gasteiger charge is -2.44. The molecule has 1 N–H and O–H groups in total. The highest BCUT2D eigenvalue weighted by molar-refractivity contribution is 8.00. The molecule has 0 bridgehead atoms. The maximum atomic E-state index is 12.5. The van der Waals surface area contributed by atoms with Crippen LogP contribution in [0.15, 0.2) is 12.4 Å². The molecular formula is C14H17N3O4S. The molecule has 2 saturated heterocycles. The number of ether oxygens (including phenoxy) is 1. The van der Waals surface area contributed by atoms with Crippen molar-refractivity contribution in [1.29, 1.82) is 0 Å². The van der Waals surface area contributed by atoms with Crippen LogP contribution in [0, 0.1) is 0 Å². The van der Waals surface area contributed by atoms with Gasteiger partial charge in [0.05, 0.1) is 12.4 Å². The first-order valence-electron chi connectivity index (χ1n) is 7.16. The van der Waals surface area contributed by atoms with Crippen LogP contribution in [-0.4, -0.2) is 68.7 Å². The fraction of sp³-hybridized carbons (Fsp3) is 0.571. The molecule has 0 saturated carbocycles. The Balaban J connectivity index is 1.72. The number of carbonyl (C=O) groups is 2. The quantitative estimate of drug-likeness (QED) is 0.865. The van der Waals surface area contributed by atoms with Gasteiger partial charge in [0.2, 0.25) is 0 Å². The van der Waals surface area contributed by atoms with Crippen LogP contribution in [0.1, 0.15) is 33.8 Å². The van der Waals surface area contributed by atoms with Gasteiger partial charge in [-0.3, -0.25) is 4.79 Å². The molecule has 2 aliphatic rings. The van der Waals surface area contributed by atoms with Crippen LogP contribution in [-0.2, 0) is 4.74 Å². The third-order valence-corrected chi connectivity index (χ3v) is 5.57. The lowest BCUT2D eigenvalue weighted by molar-refractivity contribution is 0.0532. The summed E-state index contributed by atoms with van der Waals surface area (Å²) in [6.07, 6.45) is 4.26. The smallest absolute Gasteiger partial charge is 0.356 e. The maximum Gasteiger partial charge on any atom is 0.356 e. The molecule has 0 aliphatic carbocycles. The van der Waals surface area contributed by atoms with Gasteiger partial charge in [-0.2, -0.15) is 11.8 Å². The Kier molecular flexibility index (Phi) is 4.30. The summed E-state index contributed by atoms with van der Waals surface area (Å²) in [5.74, 6) is -0.440. The third kappa shape index (κ3) is 3.07. The summed E-state index contributed by atoms with van der Waals surface area (Å²) in [6, 6.07) is 0. The number of thioether (sulfide) groups is 1. The van der Waals surface area contributed by atoms with E-state index in [1.54, 1.807) is 4.90 Å². The van der Waals surface area contributed by atoms with E-state index in [0.717, 1.165) is 38.0 Å². The predicted octanol–water partition coefficient (Wildman–Crippen LogP) is 0.913. The largest absolute Gasteiger partial charge is 0.476 e. The Labute approximate surface area is 132 Å². The Morgan fingerprint density at radius 3 is 2.55 bits per heavy atom. The zero-order valence-corrected chi connectivity index (χ0v) is 12.8. The predicted molar refractivity (Wildman–Crippen MR) is 80.1 cm³/mol. The Hall–Kier alpha value is -1.67. The monoisotopic (exact) mass is 323 g/mol. The van der Waals surface area contributed by atoms with Gasteiger partial charge < -0.3 is 14.7 Å². The van der Waals surface area contributed by atoms with Crippen LogP contribution in [0.25, 0.3) is 0 Å². The second-order valence-corrected chi connectivity index (χ2v) is 7.03. The molecule has 1 amide bonds. The van der Waals surface area contributed by atoms with Gasteiger partial charge in [0.15, 0.2) is 5.69 Å². The van der Waals surface area contributed by atoms with Crippen LogP contribution in [0.3, 0.4) is 0 Å². The van der Waals surface area contributed by atoms with Crippen molar-refractivity contribution in [1.82, 2.24) is 14.9 Å². The summed E-state index contributed by atoms with van der Waals surface area (Å²) in [4.78, 5) is 32.8. The summed E-state index contributed by atoms with van der Waals surface area (Å²) < 4.78 is 5.50. The average Bonchev–Trinajstić information content (AvgIpc) is 2.55. The number of carboxylic acids is 1. The number of hydrogen-bond acceptors (Lipinski definition) is 6. The zero-order chi connectivity index (χ0) is 15.6. The number of aromatic carboxylic acids is 1. The van der Waals surface area contributed by atoms with E-state index in [9.17, 15) is 9.59 Å². The molecule has 7 nitrogen and oxygen atoms in total. The Bertz CT molecular complexity index is 566. The summed E-state index contributed by atoms with van der Waals surface area (Å²) in [6.45, 7) is 2.83. The van der Waals surface area contributed by atoms with Crippen molar-refractivity contribution in [2.75, 3.05) is 32.1 Å². The van der Waals surface area contributed by atoms with Gasteiger partial charge in [0.25, 0.3) is 5.91 Å². The Morgan fingerprint density at radius 1 is 1.23 bits per heavy atom. The van der Waals surface area contributed by atoms with Crippen LogP contribution in [0.5, 0.6) is 0 Å². The minimum absolute atomic E-state index is 0.0839. The fourth-order valence-electron chi connectivity index (χ4n) is 2.78. The molecular weight excluding hydrogens is 306 g/mol. The lowest BCUT2D eigenvalue weighted by atomic mass is 9.97. The van der Waals surface area contributed by atoms with E-state index in [4.69, 9.17) is 9.84 Å². The molecule has 22 heavy (non-hydrogen) atoms. The highest BCUT2D eigenvalue weighted by Crippen LogP contribution is 2.39. The number of hydrogen-bond donors (Lipinski definition) is 1. The van der Waals surface area contributed by atoms with Crippen molar-refractivity contribution in [3.05, 3.63) is 23.8 Å². The number of aromatic nitrogens is 2. The van der Waals surface area contributed by atoms with E-state index in [1.807, 2.05) is 11.8 Å². The molecule has 0 unspecified atom stereocenters. The van der Waals surface area contributed by atoms with Crippen molar-refractivity contribution in [3.8, 4) is 0 Å². The highest BCUT2D eigenvalue weighted by Gasteiger charge is 2.39. The molecule has 0 atom stereocenters. The summed E-state index contributed by atoms with van der Waals surface area (Å²) in [5, 5.41) is 8.82. The van der Waals surface area contributed by atoms with Gasteiger partial charge in [0.1, 0.15) is 5.69 Å². The van der Waals surface area contributed by atoms with Gasteiger partial charge >= 0.3 is 5.97 Å². The fourth-order valence-corrected chi connectivity index (χ4v) is 4.22. The average molecular weight is 323 g/mol. The SMILES string of the molecule is O=C(O)c1cnc(C(=O)N2CCSC3(CCOCC3)C2)cn1. The van der Waals surface area contributed by atoms with Crippen molar-refractivity contribution in [2.45, 2.75) is 17.6 Å². The number of amides is 1. The van der Waals surface area contributed by atoms with E-state index in [0.29, 0.717) is 13.1 Å². The minimum Gasteiger partial charge on any atom is -0.476 e. The van der Waals surface area contributed by atoms with Gasteiger partial charge in [0, 0.05) is 36.8 Å². The van der Waals surface area contributed by atoms with Crippen LogP contribution in [0.4, 0.5) is 0 Å². The van der Waals surface area contributed by atoms with Crippen LogP contribution in [0.2, 0.25) is 0 Å². The van der Waals surface area contributed by atoms with Gasteiger partial charge in [-0.05, 0) is 12.8 Å². The first-order valence-corrected chi connectivity index (χ1v) is 8.15. The molecule has 118 valence electrons. The molecule has 3 rings (SSSR count). The first-order chi connectivity index (χ1) is 10.6.